The molecule has 0 saturated carbocycles. The van der Waals surface area contributed by atoms with Gasteiger partial charge in [0.1, 0.15) is 5.75 Å². The molecule has 0 bridgehead atoms. The van der Waals surface area contributed by atoms with Crippen molar-refractivity contribution >= 4 is 11.6 Å². The number of halogens is 4. The fraction of sp³-hybridized carbons (Fsp3) is 0.455. The number of aromatic hydroxyl groups is 1. The Morgan fingerprint density at radius 3 is 2.41 bits per heavy atom. The van der Waals surface area contributed by atoms with Crippen molar-refractivity contribution in [2.75, 3.05) is 6.54 Å². The maximum absolute atomic E-state index is 12.5. The Kier molecular flexibility index (Phi) is 4.65. The fourth-order valence-corrected chi connectivity index (χ4v) is 1.71. The molecule has 0 unspecified atom stereocenters. The standard InChI is InChI=1S/C11H13ClF3NO/c12-9-6-8(11(13,14)15)5-7(10(9)17)3-1-2-4-16/h5-6,17H,1-4,16H2. The molecule has 96 valence electrons. The summed E-state index contributed by atoms with van der Waals surface area (Å²) in [6, 6.07) is 1.65. The van der Waals surface area contributed by atoms with Gasteiger partial charge in [-0.1, -0.05) is 11.6 Å². The van der Waals surface area contributed by atoms with Crippen LogP contribution in [-0.4, -0.2) is 11.7 Å². The van der Waals surface area contributed by atoms with E-state index in [1.165, 1.54) is 0 Å². The molecule has 0 aliphatic carbocycles. The van der Waals surface area contributed by atoms with Gasteiger partial charge in [0.15, 0.2) is 0 Å². The monoisotopic (exact) mass is 267 g/mol. The molecule has 0 amide bonds. The van der Waals surface area contributed by atoms with Gasteiger partial charge in [-0.15, -0.1) is 0 Å². The van der Waals surface area contributed by atoms with Crippen LogP contribution < -0.4 is 5.73 Å². The minimum absolute atomic E-state index is 0.207. The van der Waals surface area contributed by atoms with Crippen molar-refractivity contribution in [3.05, 3.63) is 28.3 Å². The highest BCUT2D eigenvalue weighted by Gasteiger charge is 2.32. The summed E-state index contributed by atoms with van der Waals surface area (Å²) < 4.78 is 37.5. The van der Waals surface area contributed by atoms with E-state index < -0.39 is 11.7 Å². The lowest BCUT2D eigenvalue weighted by Crippen LogP contribution is -2.06. The predicted octanol–water partition coefficient (Wildman–Crippen LogP) is 3.35. The Balaban J connectivity index is 2.99. The second-order valence-corrected chi connectivity index (χ2v) is 4.12. The second kappa shape index (κ2) is 5.60. The lowest BCUT2D eigenvalue weighted by molar-refractivity contribution is -0.137. The van der Waals surface area contributed by atoms with Crippen molar-refractivity contribution in [3.8, 4) is 5.75 Å². The summed E-state index contributed by atoms with van der Waals surface area (Å²) in [5, 5.41) is 9.28. The topological polar surface area (TPSA) is 46.2 Å². The highest BCUT2D eigenvalue weighted by molar-refractivity contribution is 6.32. The van der Waals surface area contributed by atoms with E-state index in [1.807, 2.05) is 0 Å². The molecule has 1 aromatic carbocycles. The molecule has 2 nitrogen and oxygen atoms in total. The summed E-state index contributed by atoms with van der Waals surface area (Å²) in [7, 11) is 0. The van der Waals surface area contributed by atoms with E-state index >= 15 is 0 Å². The zero-order chi connectivity index (χ0) is 13.1. The van der Waals surface area contributed by atoms with Gasteiger partial charge in [-0.25, -0.2) is 0 Å². The van der Waals surface area contributed by atoms with E-state index in [2.05, 4.69) is 0 Å². The zero-order valence-corrected chi connectivity index (χ0v) is 9.78. The Bertz CT molecular complexity index is 393. The number of phenols is 1. The lowest BCUT2D eigenvalue weighted by Gasteiger charge is -2.12. The summed E-state index contributed by atoms with van der Waals surface area (Å²) in [6.45, 7) is 0.466. The van der Waals surface area contributed by atoms with Crippen LogP contribution in [0.5, 0.6) is 5.75 Å². The van der Waals surface area contributed by atoms with Crippen molar-refractivity contribution in [1.29, 1.82) is 0 Å². The van der Waals surface area contributed by atoms with Crippen molar-refractivity contribution in [1.82, 2.24) is 0 Å². The lowest BCUT2D eigenvalue weighted by atomic mass is 10.0. The zero-order valence-electron chi connectivity index (χ0n) is 9.02. The molecule has 0 saturated heterocycles. The van der Waals surface area contributed by atoms with Gasteiger partial charge in [0, 0.05) is 0 Å². The van der Waals surface area contributed by atoms with E-state index in [0.717, 1.165) is 12.1 Å². The van der Waals surface area contributed by atoms with Gasteiger partial charge in [0.2, 0.25) is 0 Å². The quantitative estimate of drug-likeness (QED) is 0.822. The Morgan fingerprint density at radius 2 is 1.88 bits per heavy atom. The van der Waals surface area contributed by atoms with Crippen LogP contribution in [0.15, 0.2) is 12.1 Å². The van der Waals surface area contributed by atoms with Crippen LogP contribution in [0.3, 0.4) is 0 Å². The van der Waals surface area contributed by atoms with Crippen LogP contribution in [0.1, 0.15) is 24.0 Å². The number of hydrogen-bond acceptors (Lipinski definition) is 2. The first-order valence-electron chi connectivity index (χ1n) is 5.15. The number of benzene rings is 1. The molecule has 1 aromatic rings. The Morgan fingerprint density at radius 1 is 1.24 bits per heavy atom. The van der Waals surface area contributed by atoms with Crippen molar-refractivity contribution in [2.45, 2.75) is 25.4 Å². The number of hydrogen-bond donors (Lipinski definition) is 2. The van der Waals surface area contributed by atoms with E-state index in [4.69, 9.17) is 17.3 Å². The molecular formula is C11H13ClF3NO. The minimum Gasteiger partial charge on any atom is -0.506 e. The summed E-state index contributed by atoms with van der Waals surface area (Å²) in [4.78, 5) is 0. The molecule has 0 aliphatic rings. The largest absolute Gasteiger partial charge is 0.506 e. The van der Waals surface area contributed by atoms with E-state index in [-0.39, 0.29) is 16.3 Å². The molecule has 0 radical (unpaired) electrons. The van der Waals surface area contributed by atoms with Crippen molar-refractivity contribution in [3.63, 3.8) is 0 Å². The smallest absolute Gasteiger partial charge is 0.416 e. The number of nitrogens with two attached hydrogens (primary N) is 1. The average Bonchev–Trinajstić information content (AvgIpc) is 2.22. The molecular weight excluding hydrogens is 255 g/mol. The van der Waals surface area contributed by atoms with Crippen LogP contribution in [0.25, 0.3) is 0 Å². The second-order valence-electron chi connectivity index (χ2n) is 3.71. The number of alkyl halides is 3. The van der Waals surface area contributed by atoms with E-state index in [9.17, 15) is 18.3 Å². The number of aryl methyl sites for hydroxylation is 1. The summed E-state index contributed by atoms with van der Waals surface area (Å²) >= 11 is 5.56. The van der Waals surface area contributed by atoms with Crippen LogP contribution in [0.4, 0.5) is 13.2 Å². The summed E-state index contributed by atoms with van der Waals surface area (Å²) in [6.07, 6.45) is -2.83. The van der Waals surface area contributed by atoms with Gasteiger partial charge in [0.25, 0.3) is 0 Å². The van der Waals surface area contributed by atoms with Crippen LogP contribution in [0.2, 0.25) is 5.02 Å². The third kappa shape index (κ3) is 3.78. The molecule has 0 aromatic heterocycles. The van der Waals surface area contributed by atoms with E-state index in [1.54, 1.807) is 0 Å². The number of unbranched alkanes of at least 4 members (excludes halogenated alkanes) is 1. The SMILES string of the molecule is NCCCCc1cc(C(F)(F)F)cc(Cl)c1O. The molecule has 17 heavy (non-hydrogen) atoms. The third-order valence-corrected chi connectivity index (χ3v) is 2.66. The van der Waals surface area contributed by atoms with Gasteiger partial charge < -0.3 is 10.8 Å². The van der Waals surface area contributed by atoms with Gasteiger partial charge in [-0.05, 0) is 43.5 Å². The predicted molar refractivity (Wildman–Crippen MR) is 60.1 cm³/mol. The first kappa shape index (κ1) is 14.1. The summed E-state index contributed by atoms with van der Waals surface area (Å²) in [5.41, 5.74) is 4.65. The normalized spacial score (nSPS) is 11.8. The van der Waals surface area contributed by atoms with Crippen molar-refractivity contribution in [2.24, 2.45) is 5.73 Å². The summed E-state index contributed by atoms with van der Waals surface area (Å²) in [5.74, 6) is -0.281. The molecule has 0 atom stereocenters. The Hall–Kier alpha value is -0.940. The van der Waals surface area contributed by atoms with Gasteiger partial charge in [-0.2, -0.15) is 13.2 Å². The van der Waals surface area contributed by atoms with Gasteiger partial charge in [0.05, 0.1) is 10.6 Å². The fourth-order valence-electron chi connectivity index (χ4n) is 1.47. The first-order valence-corrected chi connectivity index (χ1v) is 5.52. The Labute approximate surface area is 102 Å². The van der Waals surface area contributed by atoms with Gasteiger partial charge >= 0.3 is 6.18 Å². The highest BCUT2D eigenvalue weighted by atomic mass is 35.5. The first-order chi connectivity index (χ1) is 7.86. The molecule has 1 rings (SSSR count). The van der Waals surface area contributed by atoms with Gasteiger partial charge in [-0.3, -0.25) is 0 Å². The molecule has 0 spiro atoms. The average molecular weight is 268 g/mol. The minimum atomic E-state index is -4.46. The van der Waals surface area contributed by atoms with E-state index in [0.29, 0.717) is 25.8 Å². The highest BCUT2D eigenvalue weighted by Crippen LogP contribution is 2.37. The maximum Gasteiger partial charge on any atom is 0.416 e. The molecule has 0 heterocycles. The van der Waals surface area contributed by atoms with Crippen LogP contribution in [-0.2, 0) is 12.6 Å². The van der Waals surface area contributed by atoms with Crippen LogP contribution in [0, 0.1) is 0 Å². The molecule has 0 aliphatic heterocycles. The van der Waals surface area contributed by atoms with Crippen molar-refractivity contribution < 1.29 is 18.3 Å². The maximum atomic E-state index is 12.5. The number of rotatable bonds is 4. The molecule has 0 fully saturated rings. The molecule has 3 N–H and O–H groups in total. The number of phenolic OH excluding ortho intramolecular Hbond substituents is 1. The van der Waals surface area contributed by atoms with Crippen LogP contribution >= 0.6 is 11.6 Å². The molecule has 6 heteroatoms. The third-order valence-electron chi connectivity index (χ3n) is 2.37.